The van der Waals surface area contributed by atoms with E-state index in [2.05, 4.69) is 62.7 Å². The lowest BCUT2D eigenvalue weighted by atomic mass is 9.94. The van der Waals surface area contributed by atoms with E-state index in [1.165, 1.54) is 65.4 Å². The summed E-state index contributed by atoms with van der Waals surface area (Å²) in [6.45, 7) is 8.93. The van der Waals surface area contributed by atoms with Gasteiger partial charge >= 0.3 is 0 Å². The third kappa shape index (κ3) is 1.68. The Hall–Kier alpha value is -1.90. The SMILES string of the molecule is CC(C)=C1c2cc3c(cc2-c2sccc21)C(=C(C)C)c1ccsc1-3. The molecule has 0 saturated carbocycles. The van der Waals surface area contributed by atoms with Crippen molar-refractivity contribution in [2.45, 2.75) is 27.7 Å². The summed E-state index contributed by atoms with van der Waals surface area (Å²) in [5, 5.41) is 4.45. The number of allylic oxidation sites excluding steroid dienone is 2. The van der Waals surface area contributed by atoms with Gasteiger partial charge in [-0.05, 0) is 85.0 Å². The van der Waals surface area contributed by atoms with Crippen molar-refractivity contribution in [1.29, 1.82) is 0 Å². The zero-order valence-corrected chi connectivity index (χ0v) is 15.9. The van der Waals surface area contributed by atoms with Gasteiger partial charge in [-0.25, -0.2) is 0 Å². The molecule has 0 unspecified atom stereocenters. The van der Waals surface area contributed by atoms with Gasteiger partial charge in [0.2, 0.25) is 0 Å². The van der Waals surface area contributed by atoms with Crippen LogP contribution in [0.15, 0.2) is 46.2 Å². The Labute approximate surface area is 150 Å². The summed E-state index contributed by atoms with van der Waals surface area (Å²) < 4.78 is 0. The van der Waals surface area contributed by atoms with Crippen LogP contribution in [0.2, 0.25) is 0 Å². The lowest BCUT2D eigenvalue weighted by Crippen LogP contribution is -1.89. The second-order valence-electron chi connectivity index (χ2n) is 7.02. The summed E-state index contributed by atoms with van der Waals surface area (Å²) in [6.07, 6.45) is 0. The lowest BCUT2D eigenvalue weighted by Gasteiger charge is -2.10. The largest absolute Gasteiger partial charge is 0.143 e. The summed E-state index contributed by atoms with van der Waals surface area (Å²) in [7, 11) is 0. The minimum absolute atomic E-state index is 1.40. The average molecular weight is 347 g/mol. The van der Waals surface area contributed by atoms with Gasteiger partial charge in [-0.15, -0.1) is 22.7 Å². The predicted octanol–water partition coefficient (Wildman–Crippen LogP) is 7.45. The highest BCUT2D eigenvalue weighted by Crippen LogP contribution is 2.55. The summed E-state index contributed by atoms with van der Waals surface area (Å²) in [5.41, 5.74) is 14.2. The molecule has 0 N–H and O–H groups in total. The molecular weight excluding hydrogens is 328 g/mol. The Bertz CT molecular complexity index is 987. The first-order valence-electron chi connectivity index (χ1n) is 8.28. The van der Waals surface area contributed by atoms with Gasteiger partial charge in [0.05, 0.1) is 0 Å². The summed E-state index contributed by atoms with van der Waals surface area (Å²) in [4.78, 5) is 2.87. The molecule has 118 valence electrons. The summed E-state index contributed by atoms with van der Waals surface area (Å²) >= 11 is 3.74. The van der Waals surface area contributed by atoms with Gasteiger partial charge < -0.3 is 0 Å². The molecule has 0 nitrogen and oxygen atoms in total. The van der Waals surface area contributed by atoms with Crippen LogP contribution in [0.3, 0.4) is 0 Å². The topological polar surface area (TPSA) is 0 Å². The number of benzene rings is 1. The molecule has 2 aromatic heterocycles. The highest BCUT2D eigenvalue weighted by Gasteiger charge is 2.32. The maximum absolute atomic E-state index is 2.45. The van der Waals surface area contributed by atoms with Gasteiger partial charge in [-0.2, -0.15) is 0 Å². The minimum atomic E-state index is 1.40. The van der Waals surface area contributed by atoms with Gasteiger partial charge in [-0.3, -0.25) is 0 Å². The van der Waals surface area contributed by atoms with Gasteiger partial charge in [0, 0.05) is 32.0 Å². The molecule has 2 aliphatic rings. The van der Waals surface area contributed by atoms with E-state index < -0.39 is 0 Å². The minimum Gasteiger partial charge on any atom is -0.143 e. The summed E-state index contributed by atoms with van der Waals surface area (Å²) in [5.74, 6) is 0. The quantitative estimate of drug-likeness (QED) is 0.273. The molecule has 1 aromatic carbocycles. The molecule has 0 aliphatic heterocycles. The van der Waals surface area contributed by atoms with E-state index in [9.17, 15) is 0 Å². The zero-order chi connectivity index (χ0) is 16.6. The Morgan fingerprint density at radius 1 is 0.583 bits per heavy atom. The van der Waals surface area contributed by atoms with Crippen LogP contribution < -0.4 is 0 Å². The van der Waals surface area contributed by atoms with E-state index in [0.717, 1.165) is 0 Å². The first-order chi connectivity index (χ1) is 11.6. The number of hydrogen-bond acceptors (Lipinski definition) is 2. The molecule has 0 bridgehead atoms. The van der Waals surface area contributed by atoms with Crippen LogP contribution in [-0.2, 0) is 0 Å². The predicted molar refractivity (Wildman–Crippen MR) is 108 cm³/mol. The zero-order valence-electron chi connectivity index (χ0n) is 14.3. The standard InChI is InChI=1S/C22H18S2/c1-11(2)19-13-5-7-23-21(13)17-10-16-18(9-15(17)19)22-14(6-8-24-22)20(16)12(3)4/h5-10H,1-4H3. The maximum Gasteiger partial charge on any atom is 0.0427 e. The van der Waals surface area contributed by atoms with Gasteiger partial charge in [-0.1, -0.05) is 11.1 Å². The molecular formula is C22H18S2. The Balaban J connectivity index is 1.90. The molecule has 2 heterocycles. The molecule has 0 fully saturated rings. The average Bonchev–Trinajstić information content (AvgIpc) is 3.24. The second-order valence-corrected chi connectivity index (χ2v) is 8.85. The smallest absolute Gasteiger partial charge is 0.0427 e. The normalized spacial score (nSPS) is 13.7. The van der Waals surface area contributed by atoms with Gasteiger partial charge in [0.1, 0.15) is 0 Å². The van der Waals surface area contributed by atoms with E-state index >= 15 is 0 Å². The molecule has 0 spiro atoms. The van der Waals surface area contributed by atoms with Crippen LogP contribution >= 0.6 is 22.7 Å². The van der Waals surface area contributed by atoms with Crippen LogP contribution in [0.5, 0.6) is 0 Å². The summed E-state index contributed by atoms with van der Waals surface area (Å²) in [6, 6.07) is 9.47. The van der Waals surface area contributed by atoms with Crippen molar-refractivity contribution in [3.05, 3.63) is 68.4 Å². The third-order valence-corrected chi connectivity index (χ3v) is 6.95. The number of thiophene rings is 2. The van der Waals surface area contributed by atoms with Crippen LogP contribution in [0, 0.1) is 0 Å². The second kappa shape index (κ2) is 4.81. The van der Waals surface area contributed by atoms with Crippen molar-refractivity contribution in [3.63, 3.8) is 0 Å². The lowest BCUT2D eigenvalue weighted by molar-refractivity contribution is 1.39. The molecule has 2 aliphatic carbocycles. The van der Waals surface area contributed by atoms with Crippen molar-refractivity contribution in [1.82, 2.24) is 0 Å². The van der Waals surface area contributed by atoms with Crippen LogP contribution in [-0.4, -0.2) is 0 Å². The van der Waals surface area contributed by atoms with Crippen LogP contribution in [0.25, 0.3) is 32.0 Å². The van der Waals surface area contributed by atoms with E-state index in [4.69, 9.17) is 0 Å². The number of hydrogen-bond donors (Lipinski definition) is 0. The van der Waals surface area contributed by atoms with Crippen molar-refractivity contribution in [2.24, 2.45) is 0 Å². The van der Waals surface area contributed by atoms with E-state index in [-0.39, 0.29) is 0 Å². The van der Waals surface area contributed by atoms with Crippen molar-refractivity contribution in [2.75, 3.05) is 0 Å². The Morgan fingerprint density at radius 3 is 1.38 bits per heavy atom. The fourth-order valence-electron chi connectivity index (χ4n) is 4.19. The van der Waals surface area contributed by atoms with Crippen molar-refractivity contribution < 1.29 is 0 Å². The van der Waals surface area contributed by atoms with E-state index in [1.807, 2.05) is 22.7 Å². The molecule has 0 saturated heterocycles. The van der Waals surface area contributed by atoms with E-state index in [0.29, 0.717) is 0 Å². The number of rotatable bonds is 0. The third-order valence-electron chi connectivity index (χ3n) is 5.05. The number of fused-ring (bicyclic) bond motifs is 6. The Kier molecular flexibility index (Phi) is 2.89. The van der Waals surface area contributed by atoms with Gasteiger partial charge in [0.15, 0.2) is 0 Å². The first kappa shape index (κ1) is 14.4. The molecule has 0 amide bonds. The molecule has 2 heteroatoms. The highest BCUT2D eigenvalue weighted by molar-refractivity contribution is 7.14. The molecule has 0 atom stereocenters. The van der Waals surface area contributed by atoms with Gasteiger partial charge in [0.25, 0.3) is 0 Å². The first-order valence-corrected chi connectivity index (χ1v) is 10.0. The van der Waals surface area contributed by atoms with Crippen LogP contribution in [0.4, 0.5) is 0 Å². The molecule has 5 rings (SSSR count). The molecule has 0 radical (unpaired) electrons. The fraction of sp³-hybridized carbons (Fsp3) is 0.182. The highest BCUT2D eigenvalue weighted by atomic mass is 32.1. The monoisotopic (exact) mass is 346 g/mol. The fourth-order valence-corrected chi connectivity index (χ4v) is 6.05. The van der Waals surface area contributed by atoms with Crippen molar-refractivity contribution in [3.8, 4) is 20.9 Å². The molecule has 3 aromatic rings. The van der Waals surface area contributed by atoms with E-state index in [1.54, 1.807) is 0 Å². The maximum atomic E-state index is 2.45. The Morgan fingerprint density at radius 2 is 1.00 bits per heavy atom. The van der Waals surface area contributed by atoms with Crippen molar-refractivity contribution >= 4 is 33.8 Å². The molecule has 24 heavy (non-hydrogen) atoms. The van der Waals surface area contributed by atoms with Crippen LogP contribution in [0.1, 0.15) is 49.9 Å².